The molecule has 0 unspecified atom stereocenters. The van der Waals surface area contributed by atoms with Gasteiger partial charge in [-0.25, -0.2) is 0 Å². The van der Waals surface area contributed by atoms with Gasteiger partial charge in [-0.1, -0.05) is 37.5 Å². The van der Waals surface area contributed by atoms with Crippen LogP contribution in [-0.2, 0) is 6.54 Å². The summed E-state index contributed by atoms with van der Waals surface area (Å²) >= 11 is 0. The molecule has 4 heteroatoms. The lowest BCUT2D eigenvalue weighted by atomic mass is 9.85. The Bertz CT molecular complexity index is 543. The van der Waals surface area contributed by atoms with Crippen molar-refractivity contribution in [1.29, 1.82) is 0 Å². The van der Waals surface area contributed by atoms with E-state index >= 15 is 0 Å². The van der Waals surface area contributed by atoms with Crippen molar-refractivity contribution in [2.45, 2.75) is 44.2 Å². The van der Waals surface area contributed by atoms with Gasteiger partial charge < -0.3 is 10.4 Å². The van der Waals surface area contributed by atoms with Crippen LogP contribution >= 0.6 is 0 Å². The van der Waals surface area contributed by atoms with E-state index in [4.69, 9.17) is 0 Å². The van der Waals surface area contributed by atoms with E-state index in [-0.39, 0.29) is 0 Å². The number of aromatic nitrogens is 2. The molecule has 0 radical (unpaired) electrons. The largest absolute Gasteiger partial charge is 0.389 e. The van der Waals surface area contributed by atoms with Crippen molar-refractivity contribution < 1.29 is 5.11 Å². The lowest BCUT2D eigenvalue weighted by Crippen LogP contribution is -2.41. The monoisotopic (exact) mass is 259 g/mol. The molecule has 1 aliphatic rings. The Balaban J connectivity index is 1.61. The zero-order chi connectivity index (χ0) is 13.1. The van der Waals surface area contributed by atoms with Crippen LogP contribution in [0.2, 0.25) is 0 Å². The zero-order valence-electron chi connectivity index (χ0n) is 11.2. The number of para-hydroxylation sites is 1. The third-order valence-corrected chi connectivity index (χ3v) is 4.12. The highest BCUT2D eigenvalue weighted by molar-refractivity contribution is 5.81. The Morgan fingerprint density at radius 3 is 2.95 bits per heavy atom. The van der Waals surface area contributed by atoms with E-state index in [1.54, 1.807) is 0 Å². The number of aromatic amines is 1. The highest BCUT2D eigenvalue weighted by Crippen LogP contribution is 2.27. The first-order valence-corrected chi connectivity index (χ1v) is 7.11. The second kappa shape index (κ2) is 5.31. The number of nitrogens with one attached hydrogen (secondary N) is 2. The maximum absolute atomic E-state index is 10.4. The average molecular weight is 259 g/mol. The number of hydrogen-bond donors (Lipinski definition) is 3. The van der Waals surface area contributed by atoms with Crippen molar-refractivity contribution in [1.82, 2.24) is 15.5 Å². The van der Waals surface area contributed by atoms with Gasteiger partial charge in [-0.2, -0.15) is 5.10 Å². The molecule has 19 heavy (non-hydrogen) atoms. The standard InChI is InChI=1S/C15H21N3O/c19-15(7-2-1-3-8-15)11-16-9-12-5-4-6-13-10-17-18-14(12)13/h4-6,10,16,19H,1-3,7-9,11H2,(H,17,18). The number of rotatable bonds is 4. The molecule has 1 aliphatic carbocycles. The molecule has 1 fully saturated rings. The molecule has 4 nitrogen and oxygen atoms in total. The molecular weight excluding hydrogens is 238 g/mol. The van der Waals surface area contributed by atoms with E-state index in [1.807, 2.05) is 12.3 Å². The summed E-state index contributed by atoms with van der Waals surface area (Å²) in [6.45, 7) is 1.44. The van der Waals surface area contributed by atoms with Crippen molar-refractivity contribution in [2.24, 2.45) is 0 Å². The van der Waals surface area contributed by atoms with Crippen LogP contribution in [0.1, 0.15) is 37.7 Å². The number of benzene rings is 1. The molecule has 0 amide bonds. The van der Waals surface area contributed by atoms with Crippen LogP contribution in [0, 0.1) is 0 Å². The van der Waals surface area contributed by atoms with Gasteiger partial charge in [-0.15, -0.1) is 0 Å². The minimum Gasteiger partial charge on any atom is -0.389 e. The second-order valence-electron chi connectivity index (χ2n) is 5.64. The molecule has 3 rings (SSSR count). The van der Waals surface area contributed by atoms with Gasteiger partial charge in [-0.3, -0.25) is 5.10 Å². The second-order valence-corrected chi connectivity index (χ2v) is 5.64. The van der Waals surface area contributed by atoms with E-state index < -0.39 is 5.60 Å². The average Bonchev–Trinajstić information content (AvgIpc) is 2.88. The molecular formula is C15H21N3O. The third kappa shape index (κ3) is 2.80. The summed E-state index contributed by atoms with van der Waals surface area (Å²) in [7, 11) is 0. The highest BCUT2D eigenvalue weighted by Gasteiger charge is 2.28. The molecule has 1 heterocycles. The van der Waals surface area contributed by atoms with Gasteiger partial charge in [0.25, 0.3) is 0 Å². The number of nitrogens with zero attached hydrogens (tertiary/aromatic N) is 1. The van der Waals surface area contributed by atoms with E-state index in [0.29, 0.717) is 6.54 Å². The first-order valence-electron chi connectivity index (χ1n) is 7.11. The molecule has 0 spiro atoms. The number of H-pyrrole nitrogens is 1. The lowest BCUT2D eigenvalue weighted by molar-refractivity contribution is 0.00469. The van der Waals surface area contributed by atoms with Crippen molar-refractivity contribution in [3.63, 3.8) is 0 Å². The first kappa shape index (κ1) is 12.6. The van der Waals surface area contributed by atoms with Crippen molar-refractivity contribution in [3.05, 3.63) is 30.0 Å². The minimum atomic E-state index is -0.500. The zero-order valence-corrected chi connectivity index (χ0v) is 11.2. The topological polar surface area (TPSA) is 60.9 Å². The van der Waals surface area contributed by atoms with Gasteiger partial charge >= 0.3 is 0 Å². The SMILES string of the molecule is OC1(CNCc2cccc3cn[nH]c23)CCCCC1. The van der Waals surface area contributed by atoms with Crippen LogP contribution < -0.4 is 5.32 Å². The summed E-state index contributed by atoms with van der Waals surface area (Å²) in [5.74, 6) is 0. The van der Waals surface area contributed by atoms with Crippen LogP contribution in [0.5, 0.6) is 0 Å². The number of aliphatic hydroxyl groups is 1. The molecule has 0 saturated heterocycles. The smallest absolute Gasteiger partial charge is 0.0771 e. The summed E-state index contributed by atoms with van der Waals surface area (Å²) < 4.78 is 0. The summed E-state index contributed by atoms with van der Waals surface area (Å²) in [4.78, 5) is 0. The Kier molecular flexibility index (Phi) is 3.53. The molecule has 1 aromatic carbocycles. The van der Waals surface area contributed by atoms with Crippen molar-refractivity contribution in [2.75, 3.05) is 6.54 Å². The van der Waals surface area contributed by atoms with Crippen LogP contribution in [0.3, 0.4) is 0 Å². The molecule has 0 atom stereocenters. The fraction of sp³-hybridized carbons (Fsp3) is 0.533. The first-order chi connectivity index (χ1) is 9.27. The summed E-state index contributed by atoms with van der Waals surface area (Å²) in [6.07, 6.45) is 7.24. The summed E-state index contributed by atoms with van der Waals surface area (Å²) in [5.41, 5.74) is 1.79. The van der Waals surface area contributed by atoms with Crippen LogP contribution in [0.4, 0.5) is 0 Å². The van der Waals surface area contributed by atoms with Crippen molar-refractivity contribution in [3.8, 4) is 0 Å². The Hall–Kier alpha value is -1.39. The maximum Gasteiger partial charge on any atom is 0.0771 e. The van der Waals surface area contributed by atoms with E-state index in [9.17, 15) is 5.11 Å². The van der Waals surface area contributed by atoms with Crippen LogP contribution in [-0.4, -0.2) is 27.4 Å². The number of fused-ring (bicyclic) bond motifs is 1. The Morgan fingerprint density at radius 2 is 2.11 bits per heavy atom. The van der Waals surface area contributed by atoms with Gasteiger partial charge in [0.05, 0.1) is 17.3 Å². The van der Waals surface area contributed by atoms with Crippen molar-refractivity contribution >= 4 is 10.9 Å². The van der Waals surface area contributed by atoms with Gasteiger partial charge in [0, 0.05) is 18.5 Å². The molecule has 1 aromatic heterocycles. The fourth-order valence-corrected chi connectivity index (χ4v) is 2.99. The predicted octanol–water partition coefficient (Wildman–Crippen LogP) is 2.35. The highest BCUT2D eigenvalue weighted by atomic mass is 16.3. The van der Waals surface area contributed by atoms with Gasteiger partial charge in [0.15, 0.2) is 0 Å². The summed E-state index contributed by atoms with van der Waals surface area (Å²) in [5, 5.41) is 22.1. The fourth-order valence-electron chi connectivity index (χ4n) is 2.99. The predicted molar refractivity (Wildman–Crippen MR) is 75.8 cm³/mol. The van der Waals surface area contributed by atoms with Crippen LogP contribution in [0.15, 0.2) is 24.4 Å². The molecule has 0 aliphatic heterocycles. The van der Waals surface area contributed by atoms with E-state index in [1.165, 1.54) is 12.0 Å². The quantitative estimate of drug-likeness (QED) is 0.790. The van der Waals surface area contributed by atoms with E-state index in [2.05, 4.69) is 27.6 Å². The Labute approximate surface area is 113 Å². The van der Waals surface area contributed by atoms with Gasteiger partial charge in [0.2, 0.25) is 0 Å². The summed E-state index contributed by atoms with van der Waals surface area (Å²) in [6, 6.07) is 6.19. The van der Waals surface area contributed by atoms with E-state index in [0.717, 1.165) is 43.1 Å². The van der Waals surface area contributed by atoms with Gasteiger partial charge in [0.1, 0.15) is 0 Å². The third-order valence-electron chi connectivity index (χ3n) is 4.12. The molecule has 0 bridgehead atoms. The van der Waals surface area contributed by atoms with Gasteiger partial charge in [-0.05, 0) is 18.4 Å². The molecule has 3 N–H and O–H groups in total. The number of hydrogen-bond acceptors (Lipinski definition) is 3. The molecule has 1 saturated carbocycles. The molecule has 102 valence electrons. The van der Waals surface area contributed by atoms with Crippen LogP contribution in [0.25, 0.3) is 10.9 Å². The lowest BCUT2D eigenvalue weighted by Gasteiger charge is -2.32. The molecule has 2 aromatic rings. The minimum absolute atomic E-state index is 0.500. The normalized spacial score (nSPS) is 18.8. The maximum atomic E-state index is 10.4. The Morgan fingerprint density at radius 1 is 1.26 bits per heavy atom.